The highest BCUT2D eigenvalue weighted by Gasteiger charge is 2.17. The van der Waals surface area contributed by atoms with Crippen molar-refractivity contribution in [2.24, 2.45) is 5.41 Å². The fourth-order valence-electron chi connectivity index (χ4n) is 2.28. The van der Waals surface area contributed by atoms with E-state index in [1.807, 2.05) is 13.8 Å². The third-order valence-electron chi connectivity index (χ3n) is 3.58. The third-order valence-corrected chi connectivity index (χ3v) is 5.31. The highest BCUT2D eigenvalue weighted by molar-refractivity contribution is 7.91. The summed E-state index contributed by atoms with van der Waals surface area (Å²) < 4.78 is 30.1. The molecule has 0 bridgehead atoms. The molecule has 0 aliphatic heterocycles. The number of ether oxygens (including phenoxy) is 1. The molecular weight excluding hydrogens is 338 g/mol. The van der Waals surface area contributed by atoms with Gasteiger partial charge in [0.25, 0.3) is 0 Å². The van der Waals surface area contributed by atoms with Crippen molar-refractivity contribution in [3.8, 4) is 5.75 Å². The molecule has 1 aromatic carbocycles. The average molecular weight is 370 g/mol. The standard InChI is InChI=1S/C19H31NO4S/c1-15(2)24-16-7-9-17(10-8-16)25(22,23)14-11-18(21)20-13-6-12-19(3,4)5/h7-10,15H,6,11-14H2,1-5H3,(H,20,21). The van der Waals surface area contributed by atoms with Gasteiger partial charge in [-0.05, 0) is 56.4 Å². The summed E-state index contributed by atoms with van der Waals surface area (Å²) in [5, 5.41) is 2.79. The molecule has 5 nitrogen and oxygen atoms in total. The average Bonchev–Trinajstić information content (AvgIpc) is 2.49. The van der Waals surface area contributed by atoms with Crippen LogP contribution >= 0.6 is 0 Å². The molecule has 0 saturated heterocycles. The largest absolute Gasteiger partial charge is 0.491 e. The van der Waals surface area contributed by atoms with Gasteiger partial charge in [0.1, 0.15) is 5.75 Å². The van der Waals surface area contributed by atoms with E-state index in [0.29, 0.717) is 12.3 Å². The predicted octanol–water partition coefficient (Wildman–Crippen LogP) is 3.58. The summed E-state index contributed by atoms with van der Waals surface area (Å²) in [7, 11) is -3.47. The Morgan fingerprint density at radius 3 is 2.28 bits per heavy atom. The Morgan fingerprint density at radius 2 is 1.76 bits per heavy atom. The first-order valence-electron chi connectivity index (χ1n) is 8.76. The second-order valence-electron chi connectivity index (χ2n) is 7.72. The summed E-state index contributed by atoms with van der Waals surface area (Å²) in [6.45, 7) is 10.9. The number of rotatable bonds is 9. The van der Waals surface area contributed by atoms with E-state index in [9.17, 15) is 13.2 Å². The van der Waals surface area contributed by atoms with E-state index in [1.54, 1.807) is 12.1 Å². The molecule has 1 amide bonds. The zero-order chi connectivity index (χ0) is 19.1. The van der Waals surface area contributed by atoms with E-state index in [2.05, 4.69) is 26.1 Å². The number of sulfone groups is 1. The van der Waals surface area contributed by atoms with Crippen LogP contribution in [-0.2, 0) is 14.6 Å². The molecule has 0 fully saturated rings. The van der Waals surface area contributed by atoms with Crippen LogP contribution in [0.15, 0.2) is 29.2 Å². The Balaban J connectivity index is 2.45. The maximum atomic E-state index is 12.3. The zero-order valence-corrected chi connectivity index (χ0v) is 16.8. The molecule has 0 aromatic heterocycles. The van der Waals surface area contributed by atoms with E-state index in [-0.39, 0.29) is 34.5 Å². The Labute approximate surface area is 152 Å². The maximum absolute atomic E-state index is 12.3. The van der Waals surface area contributed by atoms with Gasteiger partial charge < -0.3 is 10.1 Å². The van der Waals surface area contributed by atoms with Gasteiger partial charge in [0, 0.05) is 13.0 Å². The van der Waals surface area contributed by atoms with Crippen molar-refractivity contribution < 1.29 is 17.9 Å². The van der Waals surface area contributed by atoms with Crippen molar-refractivity contribution in [1.82, 2.24) is 5.32 Å². The van der Waals surface area contributed by atoms with Crippen molar-refractivity contribution in [3.63, 3.8) is 0 Å². The van der Waals surface area contributed by atoms with Crippen LogP contribution in [0.4, 0.5) is 0 Å². The molecule has 0 spiro atoms. The molecule has 0 atom stereocenters. The van der Waals surface area contributed by atoms with Crippen LogP contribution in [0.3, 0.4) is 0 Å². The van der Waals surface area contributed by atoms with Crippen LogP contribution in [0.5, 0.6) is 5.75 Å². The van der Waals surface area contributed by atoms with Gasteiger partial charge in [-0.3, -0.25) is 4.79 Å². The lowest BCUT2D eigenvalue weighted by molar-refractivity contribution is -0.120. The number of amides is 1. The van der Waals surface area contributed by atoms with E-state index in [1.165, 1.54) is 12.1 Å². The van der Waals surface area contributed by atoms with Crippen molar-refractivity contribution in [2.45, 2.75) is 64.9 Å². The molecule has 0 aliphatic rings. The van der Waals surface area contributed by atoms with Gasteiger partial charge in [-0.1, -0.05) is 20.8 Å². The molecule has 1 aromatic rings. The third kappa shape index (κ3) is 8.91. The minimum atomic E-state index is -3.47. The fraction of sp³-hybridized carbons (Fsp3) is 0.632. The fourth-order valence-corrected chi connectivity index (χ4v) is 3.52. The lowest BCUT2D eigenvalue weighted by Crippen LogP contribution is -2.27. The van der Waals surface area contributed by atoms with Crippen LogP contribution in [0, 0.1) is 5.41 Å². The minimum Gasteiger partial charge on any atom is -0.491 e. The quantitative estimate of drug-likeness (QED) is 0.675. The smallest absolute Gasteiger partial charge is 0.221 e. The molecule has 0 unspecified atom stereocenters. The summed E-state index contributed by atoms with van der Waals surface area (Å²) in [6, 6.07) is 6.32. The highest BCUT2D eigenvalue weighted by atomic mass is 32.2. The molecule has 0 radical (unpaired) electrons. The number of nitrogens with one attached hydrogen (secondary N) is 1. The molecule has 1 rings (SSSR count). The number of hydrogen-bond donors (Lipinski definition) is 1. The van der Waals surface area contributed by atoms with Crippen molar-refractivity contribution in [3.05, 3.63) is 24.3 Å². The summed E-state index contributed by atoms with van der Waals surface area (Å²) in [5.74, 6) is 0.213. The van der Waals surface area contributed by atoms with Gasteiger partial charge in [0.15, 0.2) is 9.84 Å². The van der Waals surface area contributed by atoms with Crippen LogP contribution in [0.2, 0.25) is 0 Å². The topological polar surface area (TPSA) is 72.5 Å². The zero-order valence-electron chi connectivity index (χ0n) is 16.0. The molecular formula is C19H31NO4S. The number of hydrogen-bond acceptors (Lipinski definition) is 4. The summed E-state index contributed by atoms with van der Waals surface area (Å²) in [4.78, 5) is 12.0. The van der Waals surface area contributed by atoms with Crippen LogP contribution in [0.1, 0.15) is 53.9 Å². The minimum absolute atomic E-state index is 0.0257. The van der Waals surface area contributed by atoms with E-state index in [0.717, 1.165) is 12.8 Å². The first-order chi connectivity index (χ1) is 11.5. The van der Waals surface area contributed by atoms with Crippen molar-refractivity contribution >= 4 is 15.7 Å². The maximum Gasteiger partial charge on any atom is 0.221 e. The molecule has 25 heavy (non-hydrogen) atoms. The monoisotopic (exact) mass is 369 g/mol. The lowest BCUT2D eigenvalue weighted by atomic mass is 9.91. The number of carbonyl (C=O) groups is 1. The van der Waals surface area contributed by atoms with E-state index in [4.69, 9.17) is 4.74 Å². The van der Waals surface area contributed by atoms with E-state index < -0.39 is 9.84 Å². The highest BCUT2D eigenvalue weighted by Crippen LogP contribution is 2.20. The first-order valence-corrected chi connectivity index (χ1v) is 10.4. The summed E-state index contributed by atoms with van der Waals surface area (Å²) in [5.41, 5.74) is 0.236. The molecule has 0 aliphatic carbocycles. The van der Waals surface area contributed by atoms with Gasteiger partial charge >= 0.3 is 0 Å². The predicted molar refractivity (Wildman–Crippen MR) is 101 cm³/mol. The van der Waals surface area contributed by atoms with Gasteiger partial charge in [-0.25, -0.2) is 8.42 Å². The molecule has 0 saturated carbocycles. The van der Waals surface area contributed by atoms with Gasteiger partial charge in [0.2, 0.25) is 5.91 Å². The Kier molecular flexibility index (Phi) is 7.93. The van der Waals surface area contributed by atoms with Crippen LogP contribution in [0.25, 0.3) is 0 Å². The number of carbonyl (C=O) groups excluding carboxylic acids is 1. The Bertz CT molecular complexity index is 643. The second kappa shape index (κ2) is 9.22. The molecule has 142 valence electrons. The first kappa shape index (κ1) is 21.5. The van der Waals surface area contributed by atoms with Crippen LogP contribution < -0.4 is 10.1 Å². The van der Waals surface area contributed by atoms with Crippen molar-refractivity contribution in [1.29, 1.82) is 0 Å². The second-order valence-corrected chi connectivity index (χ2v) is 9.83. The lowest BCUT2D eigenvalue weighted by Gasteiger charge is -2.17. The molecule has 0 heterocycles. The van der Waals surface area contributed by atoms with Crippen molar-refractivity contribution in [2.75, 3.05) is 12.3 Å². The Hall–Kier alpha value is -1.56. The molecule has 6 heteroatoms. The number of benzene rings is 1. The van der Waals surface area contributed by atoms with Crippen LogP contribution in [-0.4, -0.2) is 32.7 Å². The van der Waals surface area contributed by atoms with Gasteiger partial charge in [-0.2, -0.15) is 0 Å². The Morgan fingerprint density at radius 1 is 1.16 bits per heavy atom. The van der Waals surface area contributed by atoms with Gasteiger partial charge in [0.05, 0.1) is 16.8 Å². The summed E-state index contributed by atoms with van der Waals surface area (Å²) in [6.07, 6.45) is 1.90. The molecule has 1 N–H and O–H groups in total. The normalized spacial score (nSPS) is 12.2. The van der Waals surface area contributed by atoms with E-state index >= 15 is 0 Å². The SMILES string of the molecule is CC(C)Oc1ccc(S(=O)(=O)CCC(=O)NCCCC(C)(C)C)cc1. The van der Waals surface area contributed by atoms with Gasteiger partial charge in [-0.15, -0.1) is 0 Å². The summed E-state index contributed by atoms with van der Waals surface area (Å²) >= 11 is 0.